The number of anilines is 1. The predicted octanol–water partition coefficient (Wildman–Crippen LogP) is 4.48. The highest BCUT2D eigenvalue weighted by Crippen LogP contribution is 2.39. The van der Waals surface area contributed by atoms with Crippen LogP contribution in [-0.4, -0.2) is 35.1 Å². The highest BCUT2D eigenvalue weighted by Gasteiger charge is 2.31. The molecule has 0 radical (unpaired) electrons. The van der Waals surface area contributed by atoms with Gasteiger partial charge in [-0.25, -0.2) is 9.97 Å². The van der Waals surface area contributed by atoms with Gasteiger partial charge in [0, 0.05) is 19.3 Å². The average molecular weight is 411 g/mol. The number of rotatable bonds is 6. The van der Waals surface area contributed by atoms with E-state index >= 15 is 0 Å². The molecule has 30 heavy (non-hydrogen) atoms. The van der Waals surface area contributed by atoms with Gasteiger partial charge < -0.3 is 15.0 Å². The first-order chi connectivity index (χ1) is 14.3. The summed E-state index contributed by atoms with van der Waals surface area (Å²) in [5.74, 6) is 3.12. The lowest BCUT2D eigenvalue weighted by Gasteiger charge is -2.38. The zero-order chi connectivity index (χ0) is 21.7. The van der Waals surface area contributed by atoms with Crippen LogP contribution in [0.15, 0.2) is 36.7 Å². The minimum absolute atomic E-state index is 0.00324. The lowest BCUT2D eigenvalue weighted by Crippen LogP contribution is -2.54. The molecule has 2 aromatic rings. The first-order valence-electron chi connectivity index (χ1n) is 10.9. The molecule has 1 N–H and O–H groups in total. The summed E-state index contributed by atoms with van der Waals surface area (Å²) in [5.41, 5.74) is 2.32. The highest BCUT2D eigenvalue weighted by molar-refractivity contribution is 5.73. The zero-order valence-corrected chi connectivity index (χ0v) is 18.8. The van der Waals surface area contributed by atoms with Crippen molar-refractivity contribution in [2.24, 2.45) is 5.92 Å². The van der Waals surface area contributed by atoms with E-state index in [1.54, 1.807) is 0 Å². The largest absolute Gasteiger partial charge is 0.487 e. The Bertz CT molecular complexity index is 807. The second-order valence-electron chi connectivity index (χ2n) is 8.96. The summed E-state index contributed by atoms with van der Waals surface area (Å²) in [7, 11) is 0. The van der Waals surface area contributed by atoms with Gasteiger partial charge in [0.1, 0.15) is 11.9 Å². The van der Waals surface area contributed by atoms with Crippen molar-refractivity contribution in [2.75, 3.05) is 18.0 Å². The molecule has 6 heteroatoms. The Kier molecular flexibility index (Phi) is 7.29. The molecule has 1 aliphatic carbocycles. The molecule has 2 heterocycles. The number of amides is 1. The zero-order valence-electron chi connectivity index (χ0n) is 18.8. The van der Waals surface area contributed by atoms with E-state index in [0.717, 1.165) is 36.3 Å². The smallest absolute Gasteiger partial charge is 0.225 e. The second-order valence-corrected chi connectivity index (χ2v) is 8.96. The molecule has 2 fully saturated rings. The molecular weight excluding hydrogens is 376 g/mol. The van der Waals surface area contributed by atoms with Crippen molar-refractivity contribution in [1.82, 2.24) is 15.3 Å². The summed E-state index contributed by atoms with van der Waals surface area (Å²) in [6, 6.07) is 7.89. The van der Waals surface area contributed by atoms with E-state index in [-0.39, 0.29) is 18.1 Å². The van der Waals surface area contributed by atoms with Crippen molar-refractivity contribution in [1.29, 1.82) is 0 Å². The molecule has 1 unspecified atom stereocenters. The van der Waals surface area contributed by atoms with Crippen LogP contribution < -0.4 is 15.0 Å². The Balaban J connectivity index is 0.000000589. The van der Waals surface area contributed by atoms with Gasteiger partial charge in [0.15, 0.2) is 0 Å². The first kappa shape index (κ1) is 22.1. The summed E-state index contributed by atoms with van der Waals surface area (Å²) >= 11 is 0. The van der Waals surface area contributed by atoms with Crippen molar-refractivity contribution in [3.05, 3.63) is 47.8 Å². The van der Waals surface area contributed by atoms with Gasteiger partial charge in [-0.3, -0.25) is 4.79 Å². The number of carbonyl (C=O) groups excluding carboxylic acids is 1. The number of hydrogen-bond acceptors (Lipinski definition) is 5. The summed E-state index contributed by atoms with van der Waals surface area (Å²) in [6.07, 6.45) is 6.61. The predicted molar refractivity (Wildman–Crippen MR) is 120 cm³/mol. The molecule has 162 valence electrons. The van der Waals surface area contributed by atoms with E-state index in [9.17, 15) is 4.79 Å². The molecule has 1 atom stereocenters. The topological polar surface area (TPSA) is 67.3 Å². The van der Waals surface area contributed by atoms with Gasteiger partial charge >= 0.3 is 0 Å². The van der Waals surface area contributed by atoms with Crippen molar-refractivity contribution in [2.45, 2.75) is 65.5 Å². The number of ether oxygens (including phenoxy) is 1. The fraction of sp³-hybridized carbons (Fsp3) is 0.542. The van der Waals surface area contributed by atoms with Crippen LogP contribution in [0.3, 0.4) is 0 Å². The summed E-state index contributed by atoms with van der Waals surface area (Å²) < 4.78 is 6.01. The molecule has 6 nitrogen and oxygen atoms in total. The van der Waals surface area contributed by atoms with Gasteiger partial charge in [-0.15, -0.1) is 0 Å². The maximum Gasteiger partial charge on any atom is 0.225 e. The van der Waals surface area contributed by atoms with Crippen molar-refractivity contribution in [3.63, 3.8) is 0 Å². The van der Waals surface area contributed by atoms with Crippen LogP contribution in [0.1, 0.15) is 70.5 Å². The summed E-state index contributed by atoms with van der Waals surface area (Å²) in [6.45, 7) is 11.6. The summed E-state index contributed by atoms with van der Waals surface area (Å²) in [4.78, 5) is 22.2. The number of carbonyl (C=O) groups is 1. The number of benzene rings is 1. The number of hydrogen-bond donors (Lipinski definition) is 1. The Labute approximate surface area is 180 Å². The molecule has 0 spiro atoms. The maximum atomic E-state index is 11.1. The van der Waals surface area contributed by atoms with Crippen LogP contribution in [-0.2, 0) is 4.79 Å². The SMILES string of the molecule is CC(=O)NC(C)c1ccc(OC2CN(c3ncc(C4CC4)cn3)C2)cc1.CC(C)C. The summed E-state index contributed by atoms with van der Waals surface area (Å²) in [5, 5.41) is 2.88. The maximum absolute atomic E-state index is 11.1. The van der Waals surface area contributed by atoms with Gasteiger partial charge in [0.2, 0.25) is 11.9 Å². The number of aromatic nitrogens is 2. The molecule has 0 bridgehead atoms. The van der Waals surface area contributed by atoms with Gasteiger partial charge in [0.25, 0.3) is 0 Å². The molecule has 4 rings (SSSR count). The van der Waals surface area contributed by atoms with E-state index < -0.39 is 0 Å². The minimum atomic E-state index is -0.0280. The molecule has 2 aliphatic rings. The normalized spacial score (nSPS) is 16.9. The molecule has 1 saturated heterocycles. The van der Waals surface area contributed by atoms with E-state index in [1.165, 1.54) is 25.3 Å². The van der Waals surface area contributed by atoms with Gasteiger partial charge in [-0.1, -0.05) is 32.9 Å². The van der Waals surface area contributed by atoms with Crippen molar-refractivity contribution in [3.8, 4) is 5.75 Å². The van der Waals surface area contributed by atoms with Gasteiger partial charge in [-0.05, 0) is 54.9 Å². The standard InChI is InChI=1S/C20H24N4O2.C4H10/c1-13(23-14(2)25)15-5-7-18(8-6-15)26-19-11-24(12-19)20-21-9-17(10-22-20)16-3-4-16;1-4(2)3/h5-10,13,16,19H,3-4,11-12H2,1-2H3,(H,23,25);4H,1-3H3. The Morgan fingerprint density at radius 2 is 1.63 bits per heavy atom. The van der Waals surface area contributed by atoms with Crippen molar-refractivity contribution < 1.29 is 9.53 Å². The van der Waals surface area contributed by atoms with Crippen molar-refractivity contribution >= 4 is 11.9 Å². The van der Waals surface area contributed by atoms with Crippen LogP contribution in [0.4, 0.5) is 5.95 Å². The van der Waals surface area contributed by atoms with Gasteiger partial charge in [-0.2, -0.15) is 0 Å². The molecular formula is C24H34N4O2. The number of nitrogens with one attached hydrogen (secondary N) is 1. The lowest BCUT2D eigenvalue weighted by atomic mass is 10.1. The minimum Gasteiger partial charge on any atom is -0.487 e. The average Bonchev–Trinajstić information content (AvgIpc) is 3.49. The molecule has 1 amide bonds. The van der Waals surface area contributed by atoms with Crippen LogP contribution in [0.25, 0.3) is 0 Å². The quantitative estimate of drug-likeness (QED) is 0.760. The van der Waals surface area contributed by atoms with Crippen LogP contribution >= 0.6 is 0 Å². The second kappa shape index (κ2) is 9.92. The van der Waals surface area contributed by atoms with Crippen LogP contribution in [0.2, 0.25) is 0 Å². The molecule has 1 aromatic heterocycles. The fourth-order valence-electron chi connectivity index (χ4n) is 3.21. The Morgan fingerprint density at radius 3 is 2.13 bits per heavy atom. The molecule has 1 aromatic carbocycles. The molecule has 1 saturated carbocycles. The number of nitrogens with zero attached hydrogens (tertiary/aromatic N) is 3. The Hall–Kier alpha value is -2.63. The fourth-order valence-corrected chi connectivity index (χ4v) is 3.21. The first-order valence-corrected chi connectivity index (χ1v) is 10.9. The van der Waals surface area contributed by atoms with E-state index in [2.05, 4.69) is 41.0 Å². The third-order valence-electron chi connectivity index (χ3n) is 4.94. The third kappa shape index (κ3) is 6.44. The van der Waals surface area contributed by atoms with Crippen LogP contribution in [0.5, 0.6) is 5.75 Å². The van der Waals surface area contributed by atoms with Crippen LogP contribution in [0, 0.1) is 5.92 Å². The monoisotopic (exact) mass is 410 g/mol. The van der Waals surface area contributed by atoms with E-state index in [1.807, 2.05) is 43.6 Å². The highest BCUT2D eigenvalue weighted by atomic mass is 16.5. The van der Waals surface area contributed by atoms with Gasteiger partial charge in [0.05, 0.1) is 19.1 Å². The Morgan fingerprint density at radius 1 is 1.07 bits per heavy atom. The third-order valence-corrected chi connectivity index (χ3v) is 4.94. The lowest BCUT2D eigenvalue weighted by molar-refractivity contribution is -0.119. The van der Waals surface area contributed by atoms with E-state index in [0.29, 0.717) is 5.92 Å². The molecule has 1 aliphatic heterocycles. The van der Waals surface area contributed by atoms with E-state index in [4.69, 9.17) is 4.74 Å².